The number of aromatic nitrogens is 3. The molecule has 4 heterocycles. The van der Waals surface area contributed by atoms with E-state index in [-0.39, 0.29) is 0 Å². The number of benzene rings is 9. The molecular formula is C61H37N3S. The summed E-state index contributed by atoms with van der Waals surface area (Å²) in [4.78, 5) is 17.0. The Morgan fingerprint density at radius 1 is 0.308 bits per heavy atom. The molecule has 0 radical (unpaired) electrons. The maximum Gasteiger partial charge on any atom is 0.0803 e. The minimum atomic E-state index is 0.944. The van der Waals surface area contributed by atoms with E-state index in [4.69, 9.17) is 4.98 Å². The molecule has 0 unspecified atom stereocenters. The lowest BCUT2D eigenvalue weighted by Crippen LogP contribution is -1.93. The van der Waals surface area contributed by atoms with Crippen LogP contribution in [0.2, 0.25) is 0 Å². The van der Waals surface area contributed by atoms with Crippen molar-refractivity contribution in [3.63, 3.8) is 0 Å². The normalized spacial score (nSPS) is 11.7. The van der Waals surface area contributed by atoms with Gasteiger partial charge >= 0.3 is 0 Å². The Balaban J connectivity index is 1.09. The van der Waals surface area contributed by atoms with E-state index in [1.807, 2.05) is 36.9 Å². The second-order valence-corrected chi connectivity index (χ2v) is 17.8. The Labute approximate surface area is 379 Å². The summed E-state index contributed by atoms with van der Waals surface area (Å²) in [5.74, 6) is 0. The van der Waals surface area contributed by atoms with Crippen molar-refractivity contribution < 1.29 is 0 Å². The van der Waals surface area contributed by atoms with Crippen molar-refractivity contribution >= 4 is 76.1 Å². The fourth-order valence-electron chi connectivity index (χ4n) is 9.98. The van der Waals surface area contributed by atoms with Gasteiger partial charge < -0.3 is 0 Å². The molecule has 0 spiro atoms. The predicted octanol–water partition coefficient (Wildman–Crippen LogP) is 16.9. The van der Waals surface area contributed by atoms with Crippen molar-refractivity contribution in [1.82, 2.24) is 15.0 Å². The summed E-state index contributed by atoms with van der Waals surface area (Å²) in [5.41, 5.74) is 12.3. The molecule has 13 aromatic rings. The summed E-state index contributed by atoms with van der Waals surface area (Å²) < 4.78 is 0. The Kier molecular flexibility index (Phi) is 8.71. The molecule has 0 saturated carbocycles. The first-order valence-electron chi connectivity index (χ1n) is 22.0. The number of pyridine rings is 3. The van der Waals surface area contributed by atoms with Gasteiger partial charge in [0.1, 0.15) is 0 Å². The van der Waals surface area contributed by atoms with Gasteiger partial charge in [-0.1, -0.05) is 164 Å². The Morgan fingerprint density at radius 3 is 1.42 bits per heavy atom. The monoisotopic (exact) mass is 843 g/mol. The SMILES string of the molecule is c1ccc(-c2nc3cc(-c4ccc5c(-c6ccc7ccccc7c6)c6ccccc6c(-c6ccc7ccccc7c6)c5c4)ccc3c3c(-c4cccnc4)sc(-c4cccnc4)c23)cc1. The molecule has 0 aliphatic rings. The van der Waals surface area contributed by atoms with E-state index in [1.165, 1.54) is 75.6 Å². The average Bonchev–Trinajstić information content (AvgIpc) is 3.79. The molecule has 3 nitrogen and oxygen atoms in total. The van der Waals surface area contributed by atoms with E-state index in [1.54, 1.807) is 11.3 Å². The third-order valence-electron chi connectivity index (χ3n) is 13.0. The molecule has 0 atom stereocenters. The molecule has 302 valence electrons. The maximum atomic E-state index is 5.60. The standard InChI is InChI=1S/C61H37N3S/c1-2-14-40(15-3-1)59-58-57(60(47-18-10-30-62-36-47)65-61(58)48-19-11-31-63-37-48)52-29-27-44(35-54(52)64-59)43-26-28-51-53(34-43)56(46-25-23-39-13-5-7-17-42(39)33-46)50-21-9-8-20-49(50)55(51)45-24-22-38-12-4-6-16-41(38)32-45/h1-37H. The second-order valence-electron chi connectivity index (χ2n) is 16.7. The number of hydrogen-bond donors (Lipinski definition) is 0. The number of thiophene rings is 1. The molecule has 0 aliphatic heterocycles. The first kappa shape index (κ1) is 37.3. The van der Waals surface area contributed by atoms with Crippen LogP contribution in [0.15, 0.2) is 225 Å². The lowest BCUT2D eigenvalue weighted by molar-refractivity contribution is 1.34. The van der Waals surface area contributed by atoms with Crippen LogP contribution in [0, 0.1) is 0 Å². The van der Waals surface area contributed by atoms with E-state index in [2.05, 4.69) is 198 Å². The maximum absolute atomic E-state index is 5.60. The van der Waals surface area contributed by atoms with Crippen LogP contribution in [0.3, 0.4) is 0 Å². The highest BCUT2D eigenvalue weighted by molar-refractivity contribution is 7.21. The molecule has 4 heteroatoms. The molecule has 13 rings (SSSR count). The van der Waals surface area contributed by atoms with E-state index in [0.717, 1.165) is 54.7 Å². The lowest BCUT2D eigenvalue weighted by atomic mass is 9.84. The van der Waals surface area contributed by atoms with E-state index in [9.17, 15) is 0 Å². The van der Waals surface area contributed by atoms with Gasteiger partial charge in [0.25, 0.3) is 0 Å². The lowest BCUT2D eigenvalue weighted by Gasteiger charge is -2.19. The van der Waals surface area contributed by atoms with Gasteiger partial charge in [-0.3, -0.25) is 9.97 Å². The fourth-order valence-corrected chi connectivity index (χ4v) is 11.3. The molecule has 0 N–H and O–H groups in total. The molecule has 0 fully saturated rings. The number of hydrogen-bond acceptors (Lipinski definition) is 4. The highest BCUT2D eigenvalue weighted by Gasteiger charge is 2.24. The van der Waals surface area contributed by atoms with E-state index in [0.29, 0.717) is 0 Å². The fraction of sp³-hybridized carbons (Fsp3) is 0. The molecule has 0 amide bonds. The zero-order chi connectivity index (χ0) is 42.8. The third kappa shape index (κ3) is 6.22. The molecule has 9 aromatic carbocycles. The summed E-state index contributed by atoms with van der Waals surface area (Å²) in [6.45, 7) is 0. The van der Waals surface area contributed by atoms with Gasteiger partial charge in [-0.2, -0.15) is 0 Å². The molecule has 0 saturated heterocycles. The third-order valence-corrected chi connectivity index (χ3v) is 14.3. The smallest absolute Gasteiger partial charge is 0.0803 e. The Morgan fingerprint density at radius 2 is 0.800 bits per heavy atom. The quantitative estimate of drug-likeness (QED) is 0.157. The van der Waals surface area contributed by atoms with Crippen LogP contribution in [0.1, 0.15) is 0 Å². The summed E-state index contributed by atoms with van der Waals surface area (Å²) in [5, 5.41) is 13.3. The van der Waals surface area contributed by atoms with Gasteiger partial charge in [-0.05, 0) is 113 Å². The van der Waals surface area contributed by atoms with Crippen molar-refractivity contribution in [2.24, 2.45) is 0 Å². The van der Waals surface area contributed by atoms with Gasteiger partial charge in [0.05, 0.1) is 11.2 Å². The van der Waals surface area contributed by atoms with Crippen LogP contribution in [0.5, 0.6) is 0 Å². The van der Waals surface area contributed by atoms with Crippen LogP contribution in [-0.2, 0) is 0 Å². The summed E-state index contributed by atoms with van der Waals surface area (Å²) in [6, 6.07) is 72.9. The number of rotatable bonds is 6. The topological polar surface area (TPSA) is 38.7 Å². The van der Waals surface area contributed by atoms with Crippen LogP contribution >= 0.6 is 11.3 Å². The summed E-state index contributed by atoms with van der Waals surface area (Å²) in [7, 11) is 0. The summed E-state index contributed by atoms with van der Waals surface area (Å²) in [6.07, 6.45) is 7.60. The van der Waals surface area contributed by atoms with Gasteiger partial charge in [-0.15, -0.1) is 11.3 Å². The van der Waals surface area contributed by atoms with Crippen molar-refractivity contribution in [3.05, 3.63) is 225 Å². The number of fused-ring (bicyclic) bond motifs is 7. The Hall–Kier alpha value is -8.31. The zero-order valence-electron chi connectivity index (χ0n) is 35.1. The summed E-state index contributed by atoms with van der Waals surface area (Å²) >= 11 is 1.79. The number of nitrogens with zero attached hydrogens (tertiary/aromatic N) is 3. The minimum Gasteiger partial charge on any atom is -0.264 e. The molecule has 65 heavy (non-hydrogen) atoms. The first-order valence-corrected chi connectivity index (χ1v) is 22.8. The average molecular weight is 844 g/mol. The first-order chi connectivity index (χ1) is 32.2. The predicted molar refractivity (Wildman–Crippen MR) is 275 cm³/mol. The highest BCUT2D eigenvalue weighted by atomic mass is 32.1. The van der Waals surface area contributed by atoms with Crippen LogP contribution < -0.4 is 0 Å². The van der Waals surface area contributed by atoms with Gasteiger partial charge in [-0.25, -0.2) is 4.98 Å². The van der Waals surface area contributed by atoms with E-state index < -0.39 is 0 Å². The largest absolute Gasteiger partial charge is 0.264 e. The van der Waals surface area contributed by atoms with Crippen molar-refractivity contribution in [3.8, 4) is 65.5 Å². The molecular weight excluding hydrogens is 807 g/mol. The highest BCUT2D eigenvalue weighted by Crippen LogP contribution is 2.51. The van der Waals surface area contributed by atoms with Gasteiger partial charge in [0.15, 0.2) is 0 Å². The zero-order valence-corrected chi connectivity index (χ0v) is 35.9. The van der Waals surface area contributed by atoms with Crippen LogP contribution in [-0.4, -0.2) is 15.0 Å². The van der Waals surface area contributed by atoms with E-state index >= 15 is 0 Å². The molecule has 4 aromatic heterocycles. The second kappa shape index (κ2) is 15.2. The van der Waals surface area contributed by atoms with Crippen molar-refractivity contribution in [2.75, 3.05) is 0 Å². The van der Waals surface area contributed by atoms with Gasteiger partial charge in [0.2, 0.25) is 0 Å². The Bertz CT molecular complexity index is 3990. The van der Waals surface area contributed by atoms with Crippen LogP contribution in [0.25, 0.3) is 130 Å². The van der Waals surface area contributed by atoms with Crippen LogP contribution in [0.4, 0.5) is 0 Å². The molecule has 0 bridgehead atoms. The molecule has 0 aliphatic carbocycles. The van der Waals surface area contributed by atoms with Gasteiger partial charge in [0, 0.05) is 67.4 Å². The van der Waals surface area contributed by atoms with Crippen molar-refractivity contribution in [2.45, 2.75) is 0 Å². The minimum absolute atomic E-state index is 0.944. The van der Waals surface area contributed by atoms with Crippen molar-refractivity contribution in [1.29, 1.82) is 0 Å².